The molecular weight excluding hydrogens is 242 g/mol. The van der Waals surface area contributed by atoms with Crippen LogP contribution >= 0.6 is 11.6 Å². The van der Waals surface area contributed by atoms with Gasteiger partial charge in [0.15, 0.2) is 0 Å². The van der Waals surface area contributed by atoms with Crippen molar-refractivity contribution in [3.63, 3.8) is 0 Å². The molecule has 0 aromatic heterocycles. The lowest BCUT2D eigenvalue weighted by atomic mass is 10.1. The molecule has 0 spiro atoms. The summed E-state index contributed by atoms with van der Waals surface area (Å²) in [5, 5.41) is 20.8. The van der Waals surface area contributed by atoms with Crippen molar-refractivity contribution in [1.82, 2.24) is 0 Å². The predicted molar refractivity (Wildman–Crippen MR) is 53.3 cm³/mol. The van der Waals surface area contributed by atoms with Gasteiger partial charge in [0.25, 0.3) is 5.91 Å². The zero-order chi connectivity index (χ0) is 12.5. The predicted octanol–water partition coefficient (Wildman–Crippen LogP) is 1.26. The van der Waals surface area contributed by atoms with Crippen molar-refractivity contribution in [1.29, 1.82) is 0 Å². The van der Waals surface area contributed by atoms with E-state index in [9.17, 15) is 25.0 Å². The molecule has 0 aliphatic heterocycles. The number of hydrogen-bond acceptors (Lipinski definition) is 5. The first-order valence-corrected chi connectivity index (χ1v) is 4.15. The molecular formula is C7H4ClN3O5. The standard InChI is InChI=1S/C7H4ClN3O5/c8-4-2-1-3(7(9)12)5(10(13)14)6(4)11(15)16/h1-2H,(H2,9,12). The van der Waals surface area contributed by atoms with Crippen LogP contribution in [-0.2, 0) is 0 Å². The number of nitrogens with two attached hydrogens (primary N) is 1. The van der Waals surface area contributed by atoms with Crippen molar-refractivity contribution in [3.8, 4) is 0 Å². The average Bonchev–Trinajstić information content (AvgIpc) is 2.15. The minimum atomic E-state index is -1.13. The van der Waals surface area contributed by atoms with Crippen LogP contribution in [0.3, 0.4) is 0 Å². The summed E-state index contributed by atoms with van der Waals surface area (Å²) in [6, 6.07) is 1.97. The molecule has 1 amide bonds. The number of amides is 1. The van der Waals surface area contributed by atoms with E-state index in [1.54, 1.807) is 0 Å². The van der Waals surface area contributed by atoms with E-state index in [4.69, 9.17) is 17.3 Å². The van der Waals surface area contributed by atoms with Crippen molar-refractivity contribution in [2.45, 2.75) is 0 Å². The second-order valence-corrected chi connectivity index (χ2v) is 3.08. The number of hydrogen-bond donors (Lipinski definition) is 1. The molecule has 84 valence electrons. The summed E-state index contributed by atoms with van der Waals surface area (Å²) in [4.78, 5) is 30.0. The molecule has 16 heavy (non-hydrogen) atoms. The number of primary amides is 1. The van der Waals surface area contributed by atoms with Gasteiger partial charge >= 0.3 is 11.4 Å². The summed E-state index contributed by atoms with van der Waals surface area (Å²) in [5.41, 5.74) is 2.37. The van der Waals surface area contributed by atoms with Crippen molar-refractivity contribution >= 4 is 28.9 Å². The Hall–Kier alpha value is -2.22. The maximum atomic E-state index is 10.9. The molecule has 2 N–H and O–H groups in total. The fourth-order valence-electron chi connectivity index (χ4n) is 1.11. The topological polar surface area (TPSA) is 129 Å². The molecule has 1 aromatic rings. The molecule has 0 saturated heterocycles. The van der Waals surface area contributed by atoms with E-state index in [0.717, 1.165) is 12.1 Å². The largest absolute Gasteiger partial charge is 0.365 e. The van der Waals surface area contributed by atoms with Crippen molar-refractivity contribution in [2.24, 2.45) is 5.73 Å². The molecule has 0 saturated carbocycles. The van der Waals surface area contributed by atoms with Crippen LogP contribution in [0, 0.1) is 20.2 Å². The lowest BCUT2D eigenvalue weighted by Crippen LogP contribution is -2.14. The Balaban J connectivity index is 3.70. The number of nitrogens with zero attached hydrogens (tertiary/aromatic N) is 2. The highest BCUT2D eigenvalue weighted by atomic mass is 35.5. The first-order valence-electron chi connectivity index (χ1n) is 3.77. The summed E-state index contributed by atoms with van der Waals surface area (Å²) >= 11 is 5.45. The van der Waals surface area contributed by atoms with Gasteiger partial charge in [0.05, 0.1) is 9.85 Å². The maximum Gasteiger partial charge on any atom is 0.365 e. The second-order valence-electron chi connectivity index (χ2n) is 2.67. The first kappa shape index (κ1) is 11.9. The fraction of sp³-hybridized carbons (Fsp3) is 0. The monoisotopic (exact) mass is 245 g/mol. The quantitative estimate of drug-likeness (QED) is 0.633. The highest BCUT2D eigenvalue weighted by molar-refractivity contribution is 6.33. The third-order valence-corrected chi connectivity index (χ3v) is 2.04. The van der Waals surface area contributed by atoms with Crippen molar-refractivity contribution in [2.75, 3.05) is 0 Å². The van der Waals surface area contributed by atoms with Crippen LogP contribution in [0.2, 0.25) is 5.02 Å². The Morgan fingerprint density at radius 1 is 1.19 bits per heavy atom. The molecule has 0 aliphatic carbocycles. The molecule has 0 aliphatic rings. The molecule has 1 aromatic carbocycles. The molecule has 1 rings (SSSR count). The van der Waals surface area contributed by atoms with E-state index in [1.807, 2.05) is 0 Å². The smallest absolute Gasteiger partial charge is 0.365 e. The second kappa shape index (κ2) is 4.11. The zero-order valence-corrected chi connectivity index (χ0v) is 8.30. The van der Waals surface area contributed by atoms with E-state index >= 15 is 0 Å². The third-order valence-electron chi connectivity index (χ3n) is 1.73. The summed E-state index contributed by atoms with van der Waals surface area (Å²) in [6.07, 6.45) is 0. The van der Waals surface area contributed by atoms with Gasteiger partial charge in [-0.15, -0.1) is 0 Å². The number of halogens is 1. The number of benzene rings is 1. The highest BCUT2D eigenvalue weighted by Gasteiger charge is 2.33. The van der Waals surface area contributed by atoms with Crippen molar-refractivity contribution < 1.29 is 14.6 Å². The van der Waals surface area contributed by atoms with Crippen LogP contribution in [0.1, 0.15) is 10.4 Å². The Bertz CT molecular complexity index is 501. The Morgan fingerprint density at radius 2 is 1.69 bits per heavy atom. The van der Waals surface area contributed by atoms with E-state index in [1.165, 1.54) is 0 Å². The molecule has 0 fully saturated rings. The highest BCUT2D eigenvalue weighted by Crippen LogP contribution is 2.36. The molecule has 0 radical (unpaired) electrons. The third kappa shape index (κ3) is 1.91. The van der Waals surface area contributed by atoms with Crippen molar-refractivity contribution in [3.05, 3.63) is 42.9 Å². The fourth-order valence-corrected chi connectivity index (χ4v) is 1.33. The minimum Gasteiger partial charge on any atom is -0.365 e. The Morgan fingerprint density at radius 3 is 2.06 bits per heavy atom. The summed E-state index contributed by atoms with van der Waals surface area (Å²) in [7, 11) is 0. The van der Waals surface area contributed by atoms with E-state index < -0.39 is 37.7 Å². The molecule has 0 atom stereocenters. The van der Waals surface area contributed by atoms with Crippen LogP contribution in [0.5, 0.6) is 0 Å². The number of carbonyl (C=O) groups is 1. The zero-order valence-electron chi connectivity index (χ0n) is 7.55. The van der Waals surface area contributed by atoms with E-state index in [-0.39, 0.29) is 0 Å². The SMILES string of the molecule is NC(=O)c1ccc(Cl)c([N+](=O)[O-])c1[N+](=O)[O-]. The number of carbonyl (C=O) groups excluding carboxylic acids is 1. The average molecular weight is 246 g/mol. The van der Waals surface area contributed by atoms with Crippen LogP contribution < -0.4 is 5.73 Å². The Kier molecular flexibility index (Phi) is 3.04. The van der Waals surface area contributed by atoms with Gasteiger partial charge in [0, 0.05) is 0 Å². The van der Waals surface area contributed by atoms with Crippen LogP contribution in [0.15, 0.2) is 12.1 Å². The van der Waals surface area contributed by atoms with Crippen LogP contribution in [0.4, 0.5) is 11.4 Å². The number of rotatable bonds is 3. The van der Waals surface area contributed by atoms with Gasteiger partial charge in [0.1, 0.15) is 10.6 Å². The van der Waals surface area contributed by atoms with Gasteiger partial charge in [-0.3, -0.25) is 25.0 Å². The lowest BCUT2D eigenvalue weighted by Gasteiger charge is -2.00. The molecule has 0 heterocycles. The van der Waals surface area contributed by atoms with Crippen LogP contribution in [-0.4, -0.2) is 15.8 Å². The summed E-state index contributed by atoms with van der Waals surface area (Å²) < 4.78 is 0. The van der Waals surface area contributed by atoms with Gasteiger partial charge in [-0.05, 0) is 12.1 Å². The normalized spacial score (nSPS) is 9.81. The van der Waals surface area contributed by atoms with Gasteiger partial charge in [-0.2, -0.15) is 0 Å². The van der Waals surface area contributed by atoms with Gasteiger partial charge in [-0.25, -0.2) is 0 Å². The summed E-state index contributed by atoms with van der Waals surface area (Å²) in [5.74, 6) is -1.13. The first-order chi connectivity index (χ1) is 7.36. The van der Waals surface area contributed by atoms with Gasteiger partial charge in [-0.1, -0.05) is 11.6 Å². The number of nitro benzene ring substituents is 2. The molecule has 8 nitrogen and oxygen atoms in total. The van der Waals surface area contributed by atoms with E-state index in [0.29, 0.717) is 0 Å². The maximum absolute atomic E-state index is 10.9. The van der Waals surface area contributed by atoms with Gasteiger partial charge < -0.3 is 5.73 Å². The Labute approximate surface area is 92.9 Å². The van der Waals surface area contributed by atoms with E-state index in [2.05, 4.69) is 0 Å². The molecule has 0 unspecified atom stereocenters. The lowest BCUT2D eigenvalue weighted by molar-refractivity contribution is -0.422. The molecule has 9 heteroatoms. The summed E-state index contributed by atoms with van der Waals surface area (Å²) in [6.45, 7) is 0. The van der Waals surface area contributed by atoms with Gasteiger partial charge in [0.2, 0.25) is 0 Å². The number of nitro groups is 2. The molecule has 0 bridgehead atoms. The minimum absolute atomic E-state index is 0.429. The van der Waals surface area contributed by atoms with Crippen LogP contribution in [0.25, 0.3) is 0 Å².